The SMILES string of the molecule is CCCC(=O)Nc1ccc(CNC(=NC)NCc2ccc(C)s2)cc1.I. The number of nitrogens with zero attached hydrogens (tertiary/aromatic N) is 1. The average molecular weight is 486 g/mol. The van der Waals surface area contributed by atoms with Crippen LogP contribution in [0.4, 0.5) is 5.69 Å². The summed E-state index contributed by atoms with van der Waals surface area (Å²) in [5.41, 5.74) is 1.96. The van der Waals surface area contributed by atoms with Crippen LogP contribution in [0.3, 0.4) is 0 Å². The molecule has 0 spiro atoms. The van der Waals surface area contributed by atoms with E-state index in [1.165, 1.54) is 9.75 Å². The van der Waals surface area contributed by atoms with Gasteiger partial charge in [-0.2, -0.15) is 0 Å². The lowest BCUT2D eigenvalue weighted by Gasteiger charge is -2.12. The molecule has 7 heteroatoms. The van der Waals surface area contributed by atoms with E-state index in [0.29, 0.717) is 13.0 Å². The molecule has 0 aliphatic rings. The normalized spacial score (nSPS) is 10.8. The first-order chi connectivity index (χ1) is 12.1. The zero-order valence-electron chi connectivity index (χ0n) is 15.5. The molecule has 0 saturated heterocycles. The van der Waals surface area contributed by atoms with Crippen molar-refractivity contribution in [1.82, 2.24) is 10.6 Å². The number of amides is 1. The molecule has 0 saturated carbocycles. The van der Waals surface area contributed by atoms with Crippen molar-refractivity contribution >= 4 is 52.9 Å². The molecule has 142 valence electrons. The molecule has 26 heavy (non-hydrogen) atoms. The second-order valence-electron chi connectivity index (χ2n) is 5.79. The van der Waals surface area contributed by atoms with E-state index in [1.807, 2.05) is 31.2 Å². The van der Waals surface area contributed by atoms with E-state index in [1.54, 1.807) is 18.4 Å². The van der Waals surface area contributed by atoms with Crippen molar-refractivity contribution in [3.8, 4) is 0 Å². The third kappa shape index (κ3) is 7.74. The molecule has 1 heterocycles. The Kier molecular flexibility index (Phi) is 10.3. The number of guanidine groups is 1. The van der Waals surface area contributed by atoms with Crippen LogP contribution in [0.15, 0.2) is 41.4 Å². The molecular weight excluding hydrogens is 459 g/mol. The number of thiophene rings is 1. The minimum Gasteiger partial charge on any atom is -0.352 e. The van der Waals surface area contributed by atoms with Crippen LogP contribution in [-0.4, -0.2) is 18.9 Å². The van der Waals surface area contributed by atoms with E-state index in [0.717, 1.165) is 30.2 Å². The van der Waals surface area contributed by atoms with Gasteiger partial charge >= 0.3 is 0 Å². The summed E-state index contributed by atoms with van der Waals surface area (Å²) in [6.07, 6.45) is 1.40. The number of anilines is 1. The molecule has 0 atom stereocenters. The number of hydrogen-bond acceptors (Lipinski definition) is 3. The summed E-state index contributed by atoms with van der Waals surface area (Å²) in [6, 6.07) is 12.1. The summed E-state index contributed by atoms with van der Waals surface area (Å²) in [5.74, 6) is 0.827. The standard InChI is InChI=1S/C19H26N4OS.HI/c1-4-5-18(24)23-16-9-7-15(8-10-16)12-21-19(20-3)22-13-17-11-6-14(2)25-17;/h6-11H,4-5,12-13H2,1-3H3,(H,23,24)(H2,20,21,22);1H. The second-order valence-corrected chi connectivity index (χ2v) is 7.16. The summed E-state index contributed by atoms with van der Waals surface area (Å²) in [6.45, 7) is 5.54. The number of carbonyl (C=O) groups excluding carboxylic acids is 1. The quantitative estimate of drug-likeness (QED) is 0.311. The second kappa shape index (κ2) is 11.9. The fourth-order valence-electron chi connectivity index (χ4n) is 2.31. The van der Waals surface area contributed by atoms with Crippen molar-refractivity contribution in [3.63, 3.8) is 0 Å². The molecule has 2 rings (SSSR count). The fraction of sp³-hybridized carbons (Fsp3) is 0.368. The maximum atomic E-state index is 11.6. The molecule has 5 nitrogen and oxygen atoms in total. The minimum absolute atomic E-state index is 0. The first-order valence-electron chi connectivity index (χ1n) is 8.49. The van der Waals surface area contributed by atoms with Crippen LogP contribution in [-0.2, 0) is 17.9 Å². The van der Waals surface area contributed by atoms with Crippen LogP contribution in [0, 0.1) is 6.92 Å². The predicted molar refractivity (Wildman–Crippen MR) is 121 cm³/mol. The van der Waals surface area contributed by atoms with Gasteiger partial charge in [-0.25, -0.2) is 0 Å². The predicted octanol–water partition coefficient (Wildman–Crippen LogP) is 4.28. The van der Waals surface area contributed by atoms with Crippen molar-refractivity contribution < 1.29 is 4.79 Å². The maximum Gasteiger partial charge on any atom is 0.224 e. The number of rotatable bonds is 7. The Morgan fingerprint density at radius 1 is 1.08 bits per heavy atom. The van der Waals surface area contributed by atoms with Gasteiger partial charge < -0.3 is 16.0 Å². The van der Waals surface area contributed by atoms with Crippen LogP contribution < -0.4 is 16.0 Å². The summed E-state index contributed by atoms with van der Waals surface area (Å²) < 4.78 is 0. The van der Waals surface area contributed by atoms with Gasteiger partial charge in [-0.1, -0.05) is 19.1 Å². The molecule has 3 N–H and O–H groups in total. The van der Waals surface area contributed by atoms with Gasteiger partial charge in [0.2, 0.25) is 5.91 Å². The maximum absolute atomic E-state index is 11.6. The first kappa shape index (κ1) is 22.4. The van der Waals surface area contributed by atoms with E-state index in [4.69, 9.17) is 0 Å². The van der Waals surface area contributed by atoms with Crippen LogP contribution in [0.25, 0.3) is 0 Å². The minimum atomic E-state index is 0. The van der Waals surface area contributed by atoms with Gasteiger partial charge in [-0.15, -0.1) is 35.3 Å². The van der Waals surface area contributed by atoms with E-state index < -0.39 is 0 Å². The van der Waals surface area contributed by atoms with Crippen molar-refractivity contribution in [3.05, 3.63) is 51.7 Å². The highest BCUT2D eigenvalue weighted by atomic mass is 127. The highest BCUT2D eigenvalue weighted by Gasteiger charge is 2.03. The molecule has 1 amide bonds. The van der Waals surface area contributed by atoms with E-state index in [9.17, 15) is 4.79 Å². The molecule has 0 radical (unpaired) electrons. The average Bonchev–Trinajstić information content (AvgIpc) is 3.02. The zero-order valence-corrected chi connectivity index (χ0v) is 18.6. The third-order valence-corrected chi connectivity index (χ3v) is 4.63. The monoisotopic (exact) mass is 486 g/mol. The van der Waals surface area contributed by atoms with Gasteiger partial charge in [0.15, 0.2) is 5.96 Å². The largest absolute Gasteiger partial charge is 0.352 e. The summed E-state index contributed by atoms with van der Waals surface area (Å²) in [7, 11) is 1.77. The Morgan fingerprint density at radius 2 is 1.77 bits per heavy atom. The van der Waals surface area contributed by atoms with E-state index >= 15 is 0 Å². The Bertz CT molecular complexity index is 713. The molecule has 0 aliphatic heterocycles. The number of hydrogen-bond donors (Lipinski definition) is 3. The van der Waals surface area contributed by atoms with Crippen molar-refractivity contribution in [2.75, 3.05) is 12.4 Å². The molecule has 2 aromatic rings. The van der Waals surface area contributed by atoms with Crippen LogP contribution in [0.1, 0.15) is 35.1 Å². The van der Waals surface area contributed by atoms with Crippen molar-refractivity contribution in [2.24, 2.45) is 4.99 Å². The fourth-order valence-corrected chi connectivity index (χ4v) is 3.14. The van der Waals surface area contributed by atoms with Crippen molar-refractivity contribution in [1.29, 1.82) is 0 Å². The van der Waals surface area contributed by atoms with E-state index in [2.05, 4.69) is 40.0 Å². The van der Waals surface area contributed by atoms with Gasteiger partial charge in [-0.3, -0.25) is 9.79 Å². The van der Waals surface area contributed by atoms with Gasteiger partial charge in [0.1, 0.15) is 0 Å². The smallest absolute Gasteiger partial charge is 0.224 e. The van der Waals surface area contributed by atoms with Crippen LogP contribution in [0.2, 0.25) is 0 Å². The molecule has 0 fully saturated rings. The first-order valence-corrected chi connectivity index (χ1v) is 9.31. The summed E-state index contributed by atoms with van der Waals surface area (Å²) in [5, 5.41) is 9.50. The van der Waals surface area contributed by atoms with E-state index in [-0.39, 0.29) is 29.9 Å². The number of carbonyl (C=O) groups is 1. The molecule has 1 aromatic carbocycles. The molecule has 0 aliphatic carbocycles. The van der Waals surface area contributed by atoms with Gasteiger partial charge in [0.25, 0.3) is 0 Å². The Morgan fingerprint density at radius 3 is 2.35 bits per heavy atom. The highest BCUT2D eigenvalue weighted by molar-refractivity contribution is 14.0. The lowest BCUT2D eigenvalue weighted by molar-refractivity contribution is -0.116. The highest BCUT2D eigenvalue weighted by Crippen LogP contribution is 2.14. The Hall–Kier alpha value is -1.61. The lowest BCUT2D eigenvalue weighted by Crippen LogP contribution is -2.36. The Balaban J connectivity index is 0.00000338. The molecule has 0 bridgehead atoms. The van der Waals surface area contributed by atoms with Crippen LogP contribution >= 0.6 is 35.3 Å². The van der Waals surface area contributed by atoms with Gasteiger partial charge in [0, 0.05) is 35.5 Å². The van der Waals surface area contributed by atoms with Crippen LogP contribution in [0.5, 0.6) is 0 Å². The molecule has 1 aromatic heterocycles. The topological polar surface area (TPSA) is 65.5 Å². The number of nitrogens with one attached hydrogen (secondary N) is 3. The van der Waals surface area contributed by atoms with Gasteiger partial charge in [0.05, 0.1) is 6.54 Å². The molecule has 0 unspecified atom stereocenters. The number of aliphatic imine (C=N–C) groups is 1. The number of aryl methyl sites for hydroxylation is 1. The number of benzene rings is 1. The third-order valence-electron chi connectivity index (χ3n) is 3.62. The summed E-state index contributed by atoms with van der Waals surface area (Å²) in [4.78, 5) is 18.4. The van der Waals surface area contributed by atoms with Crippen molar-refractivity contribution in [2.45, 2.75) is 39.8 Å². The van der Waals surface area contributed by atoms with Gasteiger partial charge in [-0.05, 0) is 43.2 Å². The summed E-state index contributed by atoms with van der Waals surface area (Å²) >= 11 is 1.78. The number of halogens is 1. The molecular formula is C19H27IN4OS. The Labute approximate surface area is 176 Å². The zero-order chi connectivity index (χ0) is 18.1. The lowest BCUT2D eigenvalue weighted by atomic mass is 10.2.